The van der Waals surface area contributed by atoms with Gasteiger partial charge in [-0.3, -0.25) is 0 Å². The van der Waals surface area contributed by atoms with E-state index in [1.807, 2.05) is 0 Å². The maximum absolute atomic E-state index is 6.89. The zero-order chi connectivity index (χ0) is 80.2. The van der Waals surface area contributed by atoms with Crippen molar-refractivity contribution in [2.24, 2.45) is 0 Å². The lowest BCUT2D eigenvalue weighted by Gasteiger charge is -2.45. The second-order valence-corrected chi connectivity index (χ2v) is 33.2. The van der Waals surface area contributed by atoms with Gasteiger partial charge in [0.25, 0.3) is 6.71 Å². The van der Waals surface area contributed by atoms with E-state index in [0.717, 1.165) is 184 Å². The molecule has 27 rings (SSSR count). The van der Waals surface area contributed by atoms with Gasteiger partial charge in [-0.15, -0.1) is 0 Å². The fraction of sp³-hybridized carbons (Fsp3) is 0.00870. The van der Waals surface area contributed by atoms with E-state index >= 15 is 0 Å². The molecule has 5 aromatic heterocycles. The summed E-state index contributed by atoms with van der Waals surface area (Å²) < 4.78 is 25.5. The molecule has 0 unspecified atom stereocenters. The summed E-state index contributed by atoms with van der Waals surface area (Å²) in [6, 6.07) is 151. The van der Waals surface area contributed by atoms with Crippen molar-refractivity contribution in [3.05, 3.63) is 418 Å². The van der Waals surface area contributed by atoms with Crippen molar-refractivity contribution < 1.29 is 13.3 Å². The molecular formula is C115H69BN4O3. The van der Waals surface area contributed by atoms with Crippen molar-refractivity contribution in [1.82, 2.24) is 9.13 Å². The second-order valence-electron chi connectivity index (χ2n) is 33.2. The molecule has 0 saturated heterocycles. The highest BCUT2D eigenvalue weighted by atomic mass is 16.3. The number of aromatic nitrogens is 2. The molecule has 2 aliphatic heterocycles. The first-order chi connectivity index (χ1) is 61.0. The fourth-order valence-electron chi connectivity index (χ4n) is 21.3. The molecule has 0 fully saturated rings. The minimum Gasteiger partial charge on any atom is -0.456 e. The molecule has 19 aromatic carbocycles. The molecule has 0 saturated carbocycles. The first-order valence-corrected chi connectivity index (χ1v) is 42.4. The SMILES string of the molecule is c1ccc2c(c1)Cc1cc(-c3cccc(-c4ccc5c(c4)oc4ccccc45)c3N3c4cc(-c5ccc(-n6c7ccccc7c7ccccc76)cc5)ccc4B4c5ccc(-c6ccc(-n7c8ccccc8c8ccccc87)cc6)cc5N(c5c(-c6ccc7c(c6)oc6ccccc67)cccc5-c5ccc6c(c5)oc5ccccc56)c5cccc3c54)ccc1-2. The van der Waals surface area contributed by atoms with Gasteiger partial charge in [-0.05, 0) is 217 Å². The van der Waals surface area contributed by atoms with Crippen LogP contribution in [0.1, 0.15) is 11.1 Å². The average molecular weight is 1570 g/mol. The summed E-state index contributed by atoms with van der Waals surface area (Å²) in [5.74, 6) is 0. The van der Waals surface area contributed by atoms with Gasteiger partial charge in [-0.25, -0.2) is 0 Å². The Labute approximate surface area is 707 Å². The monoisotopic (exact) mass is 1560 g/mol. The Bertz CT molecular complexity index is 8410. The molecule has 8 heteroatoms. The predicted molar refractivity (Wildman–Crippen MR) is 512 cm³/mol. The fourth-order valence-corrected chi connectivity index (χ4v) is 21.3. The number of hydrogen-bond donors (Lipinski definition) is 0. The van der Waals surface area contributed by atoms with Gasteiger partial charge in [-0.2, -0.15) is 0 Å². The van der Waals surface area contributed by atoms with Gasteiger partial charge in [0.2, 0.25) is 0 Å². The van der Waals surface area contributed by atoms with Gasteiger partial charge < -0.3 is 32.2 Å². The third-order valence-corrected chi connectivity index (χ3v) is 26.8. The van der Waals surface area contributed by atoms with E-state index in [4.69, 9.17) is 13.3 Å². The van der Waals surface area contributed by atoms with Crippen LogP contribution >= 0.6 is 0 Å². The largest absolute Gasteiger partial charge is 0.456 e. The van der Waals surface area contributed by atoms with E-state index in [1.165, 1.54) is 82.3 Å². The van der Waals surface area contributed by atoms with E-state index in [0.29, 0.717) is 0 Å². The Morgan fingerprint density at radius 3 is 0.943 bits per heavy atom. The number of anilines is 6. The highest BCUT2D eigenvalue weighted by molar-refractivity contribution is 7.00. The minimum atomic E-state index is -0.289. The molecule has 0 N–H and O–H groups in total. The van der Waals surface area contributed by atoms with E-state index < -0.39 is 0 Å². The molecule has 7 nitrogen and oxygen atoms in total. The summed E-state index contributed by atoms with van der Waals surface area (Å²) in [6.45, 7) is -0.289. The number of fused-ring (bicyclic) bond motifs is 22. The summed E-state index contributed by atoms with van der Waals surface area (Å²) in [5, 5.41) is 11.4. The maximum atomic E-state index is 6.89. The lowest BCUT2D eigenvalue weighted by molar-refractivity contribution is 0.668. The van der Waals surface area contributed by atoms with Crippen LogP contribution in [-0.2, 0) is 6.42 Å². The first kappa shape index (κ1) is 67.8. The van der Waals surface area contributed by atoms with Crippen LogP contribution in [0.4, 0.5) is 34.1 Å². The Morgan fingerprint density at radius 1 is 0.203 bits per heavy atom. The number of rotatable bonds is 10. The maximum Gasteiger partial charge on any atom is 0.252 e. The molecule has 570 valence electrons. The zero-order valence-corrected chi connectivity index (χ0v) is 66.5. The van der Waals surface area contributed by atoms with Crippen molar-refractivity contribution in [3.8, 4) is 89.3 Å². The number of nitrogens with zero attached hydrogens (tertiary/aromatic N) is 4. The van der Waals surface area contributed by atoms with Gasteiger partial charge in [0.05, 0.1) is 33.4 Å². The molecule has 24 aromatic rings. The molecule has 7 heterocycles. The summed E-state index contributed by atoms with van der Waals surface area (Å²) in [6.07, 6.45) is 0.850. The summed E-state index contributed by atoms with van der Waals surface area (Å²) in [7, 11) is 0. The minimum absolute atomic E-state index is 0.289. The van der Waals surface area contributed by atoms with Crippen LogP contribution < -0.4 is 26.2 Å². The van der Waals surface area contributed by atoms with Gasteiger partial charge in [0.15, 0.2) is 0 Å². The van der Waals surface area contributed by atoms with Crippen LogP contribution in [-0.4, -0.2) is 15.8 Å². The van der Waals surface area contributed by atoms with E-state index in [9.17, 15) is 0 Å². The summed E-state index contributed by atoms with van der Waals surface area (Å²) in [4.78, 5) is 5.29. The molecule has 0 amide bonds. The second kappa shape index (κ2) is 26.2. The third-order valence-electron chi connectivity index (χ3n) is 26.8. The van der Waals surface area contributed by atoms with Gasteiger partial charge >= 0.3 is 0 Å². The molecule has 0 bridgehead atoms. The van der Waals surface area contributed by atoms with E-state index in [2.05, 4.69) is 425 Å². The first-order valence-electron chi connectivity index (χ1n) is 42.4. The Kier molecular flexibility index (Phi) is 14.4. The van der Waals surface area contributed by atoms with Crippen molar-refractivity contribution in [1.29, 1.82) is 0 Å². The standard InChI is InChI=1S/C115H69BN4O3/c1-2-21-81-73(20-1)62-78-63-74(46-56-82(78)81)83-29-17-30-84(75-47-57-94-91-26-7-14-39-107(91)121-110(94)66-75)114(83)119-103-37-19-38-104-113(103)116(97-60-50-71(64-105(97)119)69-42-52-79(53-43-69)117-99-33-10-3-22-87(99)88-23-4-11-34-100(88)117)98-61-51-72(70-44-54-80(55-45-70)118-101-35-12-5-24-89(101)90-25-6-13-36-102(90)118)65-106(98)120(104)115-85(76-48-58-95-92-27-8-15-40-108(92)122-111(95)67-76)31-18-32-86(115)77-49-59-96-93-28-9-16-41-109(93)123-112(96)68-77/h1-61,63-68H,62H2. The lowest BCUT2D eigenvalue weighted by atomic mass is 9.33. The molecule has 0 spiro atoms. The molecule has 123 heavy (non-hydrogen) atoms. The Morgan fingerprint density at radius 2 is 0.520 bits per heavy atom. The topological polar surface area (TPSA) is 55.8 Å². The highest BCUT2D eigenvalue weighted by Crippen LogP contribution is 2.55. The third kappa shape index (κ3) is 10.1. The van der Waals surface area contributed by atoms with Crippen LogP contribution in [0.5, 0.6) is 0 Å². The number of furan rings is 3. The molecule has 0 atom stereocenters. The Hall–Kier alpha value is -16.2. The highest BCUT2D eigenvalue weighted by Gasteiger charge is 2.45. The average Bonchev–Trinajstić information content (AvgIpc) is 1.69. The van der Waals surface area contributed by atoms with Crippen LogP contribution in [0.3, 0.4) is 0 Å². The number of hydrogen-bond acceptors (Lipinski definition) is 5. The van der Waals surface area contributed by atoms with Crippen LogP contribution in [0.15, 0.2) is 420 Å². The predicted octanol–water partition coefficient (Wildman–Crippen LogP) is 29.2. The molecular weight excluding hydrogens is 1500 g/mol. The normalized spacial score (nSPS) is 12.8. The van der Waals surface area contributed by atoms with Crippen LogP contribution in [0.25, 0.3) is 199 Å². The van der Waals surface area contributed by atoms with Crippen molar-refractivity contribution in [2.45, 2.75) is 6.42 Å². The van der Waals surface area contributed by atoms with Crippen molar-refractivity contribution in [2.75, 3.05) is 9.80 Å². The summed E-state index contributed by atoms with van der Waals surface area (Å²) in [5.41, 5.74) is 40.0. The van der Waals surface area contributed by atoms with E-state index in [1.54, 1.807) is 0 Å². The number of para-hydroxylation sites is 9. The molecule has 0 radical (unpaired) electrons. The summed E-state index contributed by atoms with van der Waals surface area (Å²) >= 11 is 0. The Balaban J connectivity index is 0.731. The van der Waals surface area contributed by atoms with Gasteiger partial charge in [0.1, 0.15) is 33.5 Å². The lowest BCUT2D eigenvalue weighted by Crippen LogP contribution is -2.61. The zero-order valence-electron chi connectivity index (χ0n) is 66.5. The van der Waals surface area contributed by atoms with Gasteiger partial charge in [0, 0.05) is 110 Å². The van der Waals surface area contributed by atoms with Gasteiger partial charge in [-0.1, -0.05) is 279 Å². The molecule has 1 aliphatic carbocycles. The van der Waals surface area contributed by atoms with E-state index in [-0.39, 0.29) is 6.71 Å². The quantitative estimate of drug-likeness (QED) is 0.128. The van der Waals surface area contributed by atoms with Crippen molar-refractivity contribution in [3.63, 3.8) is 0 Å². The van der Waals surface area contributed by atoms with Crippen LogP contribution in [0.2, 0.25) is 0 Å². The van der Waals surface area contributed by atoms with Crippen LogP contribution in [0, 0.1) is 0 Å². The smallest absolute Gasteiger partial charge is 0.252 e. The van der Waals surface area contributed by atoms with Crippen molar-refractivity contribution >= 4 is 167 Å². The number of benzene rings is 19. The molecule has 3 aliphatic rings.